The zero-order valence-corrected chi connectivity index (χ0v) is 21.4. The Morgan fingerprint density at radius 2 is 1.05 bits per heavy atom. The Morgan fingerprint density at radius 1 is 0.750 bits per heavy atom. The van der Waals surface area contributed by atoms with Gasteiger partial charge in [-0.3, -0.25) is 0 Å². The standard InChI is InChI=1S/C11H10O6.3K/c1-4-6(9(12)13)3-7(10(14)15)5(2)8(4)11(16)17;;;/h3H,1-2H3,(H,12,13)(H,14,15)(H,16,17);;;/q;3*+1/p-3. The van der Waals surface area contributed by atoms with E-state index in [1.165, 1.54) is 13.8 Å². The van der Waals surface area contributed by atoms with Gasteiger partial charge in [0.25, 0.3) is 0 Å². The van der Waals surface area contributed by atoms with E-state index in [1.54, 1.807) is 0 Å². The van der Waals surface area contributed by atoms with E-state index in [0.717, 1.165) is 6.07 Å². The summed E-state index contributed by atoms with van der Waals surface area (Å²) in [4.78, 5) is 32.3. The summed E-state index contributed by atoms with van der Waals surface area (Å²) >= 11 is 0. The summed E-state index contributed by atoms with van der Waals surface area (Å²) in [7, 11) is 0. The van der Waals surface area contributed by atoms with Crippen LogP contribution in [0.3, 0.4) is 0 Å². The van der Waals surface area contributed by atoms with E-state index >= 15 is 0 Å². The summed E-state index contributed by atoms with van der Waals surface area (Å²) in [5.74, 6) is -4.97. The number of hydrogen-bond acceptors (Lipinski definition) is 6. The fourth-order valence-electron chi connectivity index (χ4n) is 1.64. The van der Waals surface area contributed by atoms with E-state index < -0.39 is 34.6 Å². The van der Waals surface area contributed by atoms with Crippen molar-refractivity contribution in [3.05, 3.63) is 33.9 Å². The normalized spacial score (nSPS) is 8.50. The third-order valence-corrected chi connectivity index (χ3v) is 2.49. The van der Waals surface area contributed by atoms with Gasteiger partial charge in [-0.2, -0.15) is 0 Å². The molecule has 0 bridgehead atoms. The molecular weight excluding hydrogens is 345 g/mol. The maximum atomic E-state index is 10.9. The molecule has 0 unspecified atom stereocenters. The van der Waals surface area contributed by atoms with Crippen LogP contribution in [0.2, 0.25) is 0 Å². The average molecular weight is 352 g/mol. The second-order valence-electron chi connectivity index (χ2n) is 3.46. The van der Waals surface area contributed by atoms with Gasteiger partial charge in [0.15, 0.2) is 0 Å². The van der Waals surface area contributed by atoms with E-state index in [4.69, 9.17) is 0 Å². The molecule has 1 rings (SSSR count). The summed E-state index contributed by atoms with van der Waals surface area (Å²) < 4.78 is 0. The molecule has 0 aliphatic heterocycles. The maximum Gasteiger partial charge on any atom is 1.00 e. The molecule has 0 aliphatic rings. The molecule has 0 saturated carbocycles. The van der Waals surface area contributed by atoms with Gasteiger partial charge >= 0.3 is 154 Å². The van der Waals surface area contributed by atoms with Crippen molar-refractivity contribution in [3.63, 3.8) is 0 Å². The van der Waals surface area contributed by atoms with Gasteiger partial charge in [0.1, 0.15) is 0 Å². The van der Waals surface area contributed by atoms with Crippen molar-refractivity contribution in [1.29, 1.82) is 0 Å². The van der Waals surface area contributed by atoms with E-state index in [2.05, 4.69) is 0 Å². The zero-order chi connectivity index (χ0) is 13.3. The van der Waals surface area contributed by atoms with Gasteiger partial charge in [-0.25, -0.2) is 0 Å². The first kappa shape index (κ1) is 27.4. The number of benzene rings is 1. The largest absolute Gasteiger partial charge is 1.00 e. The molecule has 0 heterocycles. The average Bonchev–Trinajstić information content (AvgIpc) is 2.15. The van der Waals surface area contributed by atoms with Crippen LogP contribution in [0.1, 0.15) is 42.2 Å². The molecule has 0 fully saturated rings. The van der Waals surface area contributed by atoms with Crippen molar-refractivity contribution < 1.29 is 184 Å². The summed E-state index contributed by atoms with van der Waals surface area (Å²) in [6, 6.07) is 0.821. The number of carboxylic acid groups (broad SMARTS) is 3. The van der Waals surface area contributed by atoms with E-state index in [1.807, 2.05) is 0 Å². The predicted molar refractivity (Wildman–Crippen MR) is 48.9 cm³/mol. The van der Waals surface area contributed by atoms with Crippen molar-refractivity contribution in [1.82, 2.24) is 0 Å². The van der Waals surface area contributed by atoms with Crippen LogP contribution < -0.4 is 169 Å². The van der Waals surface area contributed by atoms with E-state index in [-0.39, 0.29) is 165 Å². The van der Waals surface area contributed by atoms with E-state index in [0.29, 0.717) is 0 Å². The second-order valence-corrected chi connectivity index (χ2v) is 3.46. The number of carboxylic acids is 3. The Morgan fingerprint density at radius 3 is 1.25 bits per heavy atom. The molecule has 9 heteroatoms. The number of carbonyl (C=O) groups is 3. The molecule has 0 aliphatic carbocycles. The van der Waals surface area contributed by atoms with Crippen molar-refractivity contribution in [2.24, 2.45) is 0 Å². The van der Waals surface area contributed by atoms with Crippen LogP contribution >= 0.6 is 0 Å². The second kappa shape index (κ2) is 12.0. The van der Waals surface area contributed by atoms with Gasteiger partial charge < -0.3 is 29.7 Å². The van der Waals surface area contributed by atoms with Gasteiger partial charge in [-0.15, -0.1) is 0 Å². The molecule has 0 N–H and O–H groups in total. The summed E-state index contributed by atoms with van der Waals surface area (Å²) in [5.41, 5.74) is -1.69. The zero-order valence-electron chi connectivity index (χ0n) is 12.0. The molecule has 90 valence electrons. The fraction of sp³-hybridized carbons (Fsp3) is 0.182. The van der Waals surface area contributed by atoms with Crippen LogP contribution in [0.5, 0.6) is 0 Å². The fourth-order valence-corrected chi connectivity index (χ4v) is 1.64. The summed E-state index contributed by atoms with van der Waals surface area (Å²) in [6.07, 6.45) is 0. The number of aromatic carboxylic acids is 3. The van der Waals surface area contributed by atoms with Gasteiger partial charge in [-0.1, -0.05) is 0 Å². The van der Waals surface area contributed by atoms with Crippen LogP contribution in [-0.2, 0) is 0 Å². The molecule has 20 heavy (non-hydrogen) atoms. The van der Waals surface area contributed by atoms with Crippen molar-refractivity contribution in [2.75, 3.05) is 0 Å². The topological polar surface area (TPSA) is 120 Å². The molecular formula is C11H7K3O6. The quantitative estimate of drug-likeness (QED) is 0.498. The molecule has 0 radical (unpaired) electrons. The Bertz CT molecular complexity index is 503. The van der Waals surface area contributed by atoms with Crippen LogP contribution in [0.25, 0.3) is 0 Å². The molecule has 6 nitrogen and oxygen atoms in total. The van der Waals surface area contributed by atoms with E-state index in [9.17, 15) is 29.7 Å². The summed E-state index contributed by atoms with van der Waals surface area (Å²) in [5, 5.41) is 32.3. The number of hydrogen-bond donors (Lipinski definition) is 0. The van der Waals surface area contributed by atoms with Gasteiger partial charge in [0.05, 0.1) is 17.9 Å². The van der Waals surface area contributed by atoms with Gasteiger partial charge in [0, 0.05) is 16.7 Å². The smallest absolute Gasteiger partial charge is 0.545 e. The number of carbonyl (C=O) groups excluding carboxylic acids is 3. The minimum atomic E-state index is -1.66. The maximum absolute atomic E-state index is 10.9. The predicted octanol–water partition coefficient (Wildman–Crippen LogP) is -11.6. The van der Waals surface area contributed by atoms with Crippen LogP contribution in [0.15, 0.2) is 6.07 Å². The van der Waals surface area contributed by atoms with Crippen LogP contribution in [0.4, 0.5) is 0 Å². The molecule has 0 amide bonds. The summed E-state index contributed by atoms with van der Waals surface area (Å²) in [6.45, 7) is 2.48. The first-order chi connectivity index (χ1) is 7.77. The SMILES string of the molecule is Cc1c(C(=O)[O-])cc(C(=O)[O-])c(C)c1C(=O)[O-].[K+].[K+].[K+]. The van der Waals surface area contributed by atoms with Crippen LogP contribution in [0, 0.1) is 13.8 Å². The minimum Gasteiger partial charge on any atom is -0.545 e. The Hall–Kier alpha value is 2.54. The minimum absolute atomic E-state index is 0. The van der Waals surface area contributed by atoms with Crippen molar-refractivity contribution >= 4 is 17.9 Å². The Labute approximate surface area is 243 Å². The third kappa shape index (κ3) is 6.57. The molecule has 0 spiro atoms. The number of rotatable bonds is 3. The van der Waals surface area contributed by atoms with Crippen molar-refractivity contribution in [2.45, 2.75) is 13.8 Å². The monoisotopic (exact) mass is 352 g/mol. The third-order valence-electron chi connectivity index (χ3n) is 2.49. The first-order valence-corrected chi connectivity index (χ1v) is 4.55. The molecule has 1 aromatic rings. The molecule has 1 aromatic carbocycles. The van der Waals surface area contributed by atoms with Gasteiger partial charge in [0.2, 0.25) is 0 Å². The van der Waals surface area contributed by atoms with Crippen molar-refractivity contribution in [3.8, 4) is 0 Å². The Kier molecular flexibility index (Phi) is 16.4. The van der Waals surface area contributed by atoms with Gasteiger partial charge in [-0.05, 0) is 31.0 Å². The molecule has 0 atom stereocenters. The first-order valence-electron chi connectivity index (χ1n) is 4.55. The molecule has 0 aromatic heterocycles. The molecule has 0 saturated heterocycles. The van der Waals surface area contributed by atoms with Crippen LogP contribution in [-0.4, -0.2) is 17.9 Å². The Balaban J connectivity index is -0.000000963.